The van der Waals surface area contributed by atoms with Gasteiger partial charge in [-0.1, -0.05) is 12.1 Å². The van der Waals surface area contributed by atoms with E-state index in [4.69, 9.17) is 9.47 Å². The summed E-state index contributed by atoms with van der Waals surface area (Å²) in [6, 6.07) is 3.42. The molecule has 0 heterocycles. The predicted molar refractivity (Wildman–Crippen MR) is 82.3 cm³/mol. The molecule has 0 aromatic heterocycles. The van der Waals surface area contributed by atoms with Gasteiger partial charge in [0.25, 0.3) is 0 Å². The van der Waals surface area contributed by atoms with Crippen molar-refractivity contribution >= 4 is 11.9 Å². The van der Waals surface area contributed by atoms with E-state index in [0.29, 0.717) is 17.1 Å². The summed E-state index contributed by atoms with van der Waals surface area (Å²) >= 11 is 0. The third-order valence-electron chi connectivity index (χ3n) is 3.20. The highest BCUT2D eigenvalue weighted by molar-refractivity contribution is 5.82. The van der Waals surface area contributed by atoms with Crippen LogP contribution in [0.15, 0.2) is 30.4 Å². The van der Waals surface area contributed by atoms with E-state index in [2.05, 4.69) is 4.74 Å². The number of carbonyl (C=O) groups is 2. The number of amides is 1. The molecule has 0 radical (unpaired) electrons. The first kappa shape index (κ1) is 20.3. The molecular weight excluding hydrogens is 343 g/mol. The summed E-state index contributed by atoms with van der Waals surface area (Å²) in [6.07, 6.45) is -2.72. The number of rotatable bonds is 7. The molecule has 0 saturated heterocycles. The van der Waals surface area contributed by atoms with Crippen molar-refractivity contribution in [3.8, 4) is 11.5 Å². The first-order chi connectivity index (χ1) is 11.7. The zero-order valence-corrected chi connectivity index (χ0v) is 13.8. The van der Waals surface area contributed by atoms with Crippen molar-refractivity contribution in [1.82, 2.24) is 5.32 Å². The minimum atomic E-state index is -5.03. The van der Waals surface area contributed by atoms with Gasteiger partial charge in [-0.25, -0.2) is 4.79 Å². The van der Waals surface area contributed by atoms with Crippen molar-refractivity contribution in [2.75, 3.05) is 21.3 Å². The molecule has 0 fully saturated rings. The molecule has 0 aliphatic heterocycles. The molecule has 0 bridgehead atoms. The van der Waals surface area contributed by atoms with Crippen molar-refractivity contribution in [3.05, 3.63) is 35.9 Å². The summed E-state index contributed by atoms with van der Waals surface area (Å²) in [7, 11) is 3.96. The third kappa shape index (κ3) is 6.02. The summed E-state index contributed by atoms with van der Waals surface area (Å²) in [5.74, 6) is -2.06. The molecular formula is C16H18F3NO5. The fraction of sp³-hybridized carbons (Fsp3) is 0.375. The van der Waals surface area contributed by atoms with Gasteiger partial charge in [0, 0.05) is 6.08 Å². The Bertz CT molecular complexity index is 643. The number of ether oxygens (including phenoxy) is 3. The molecule has 9 heteroatoms. The molecule has 1 N–H and O–H groups in total. The fourth-order valence-electron chi connectivity index (χ4n) is 1.96. The van der Waals surface area contributed by atoms with Gasteiger partial charge in [-0.3, -0.25) is 4.79 Å². The second kappa shape index (κ2) is 8.95. The maximum absolute atomic E-state index is 12.5. The Morgan fingerprint density at radius 3 is 2.32 bits per heavy atom. The monoisotopic (exact) mass is 361 g/mol. The molecule has 1 amide bonds. The Kier molecular flexibility index (Phi) is 7.28. The van der Waals surface area contributed by atoms with Crippen molar-refractivity contribution < 1.29 is 37.0 Å². The average Bonchev–Trinajstić information content (AvgIpc) is 2.58. The van der Waals surface area contributed by atoms with Gasteiger partial charge in [-0.2, -0.15) is 13.2 Å². The second-order valence-corrected chi connectivity index (χ2v) is 4.80. The Hall–Kier alpha value is -2.71. The lowest BCUT2D eigenvalue weighted by Crippen LogP contribution is -2.39. The highest BCUT2D eigenvalue weighted by Gasteiger charge is 2.39. The van der Waals surface area contributed by atoms with Crippen LogP contribution in [0.2, 0.25) is 0 Å². The van der Waals surface area contributed by atoms with Crippen LogP contribution in [0.3, 0.4) is 0 Å². The number of methoxy groups -OCH3 is 3. The van der Waals surface area contributed by atoms with E-state index >= 15 is 0 Å². The van der Waals surface area contributed by atoms with Crippen LogP contribution in [0, 0.1) is 0 Å². The molecule has 1 unspecified atom stereocenters. The highest BCUT2D eigenvalue weighted by Crippen LogP contribution is 2.31. The van der Waals surface area contributed by atoms with Gasteiger partial charge < -0.3 is 19.5 Å². The molecule has 1 atom stereocenters. The number of alkyl halides is 3. The lowest BCUT2D eigenvalue weighted by atomic mass is 10.0. The van der Waals surface area contributed by atoms with Crippen LogP contribution in [0.4, 0.5) is 13.2 Å². The molecule has 1 rings (SSSR count). The largest absolute Gasteiger partial charge is 0.493 e. The molecule has 6 nitrogen and oxygen atoms in total. The van der Waals surface area contributed by atoms with Gasteiger partial charge in [0.1, 0.15) is 0 Å². The van der Waals surface area contributed by atoms with Crippen LogP contribution in [0.25, 0.3) is 0 Å². The van der Waals surface area contributed by atoms with Crippen molar-refractivity contribution in [2.45, 2.75) is 18.6 Å². The predicted octanol–water partition coefficient (Wildman–Crippen LogP) is 2.54. The van der Waals surface area contributed by atoms with Crippen LogP contribution in [-0.4, -0.2) is 39.4 Å². The zero-order valence-electron chi connectivity index (χ0n) is 13.8. The molecule has 25 heavy (non-hydrogen) atoms. The summed E-state index contributed by atoms with van der Waals surface area (Å²) in [5, 5.41) is 1.89. The van der Waals surface area contributed by atoms with Crippen LogP contribution < -0.4 is 14.8 Å². The minimum Gasteiger partial charge on any atom is -0.493 e. The first-order valence-electron chi connectivity index (χ1n) is 7.07. The lowest BCUT2D eigenvalue weighted by molar-refractivity contribution is -0.174. The van der Waals surface area contributed by atoms with Gasteiger partial charge in [-0.15, -0.1) is 0 Å². The zero-order chi connectivity index (χ0) is 19.0. The molecule has 1 aromatic rings. The number of nitrogens with one attached hydrogen (secondary N) is 1. The van der Waals surface area contributed by atoms with Gasteiger partial charge >= 0.3 is 18.1 Å². The molecule has 0 saturated carbocycles. The van der Waals surface area contributed by atoms with E-state index in [0.717, 1.165) is 6.08 Å². The summed E-state index contributed by atoms with van der Waals surface area (Å²) in [5.41, 5.74) is 0.352. The quantitative estimate of drug-likeness (QED) is 0.597. The Morgan fingerprint density at radius 1 is 1.16 bits per heavy atom. The first-order valence-corrected chi connectivity index (χ1v) is 7.07. The van der Waals surface area contributed by atoms with Crippen molar-refractivity contribution in [3.63, 3.8) is 0 Å². The number of halogens is 3. The smallest absolute Gasteiger partial charge is 0.471 e. The van der Waals surface area contributed by atoms with E-state index in [-0.39, 0.29) is 6.42 Å². The average molecular weight is 361 g/mol. The van der Waals surface area contributed by atoms with Crippen molar-refractivity contribution in [1.29, 1.82) is 0 Å². The van der Waals surface area contributed by atoms with Gasteiger partial charge in [0.15, 0.2) is 11.5 Å². The summed E-state index contributed by atoms with van der Waals surface area (Å²) in [4.78, 5) is 22.4. The van der Waals surface area contributed by atoms with Crippen LogP contribution >= 0.6 is 0 Å². The van der Waals surface area contributed by atoms with Crippen molar-refractivity contribution in [2.24, 2.45) is 0 Å². The fourth-order valence-corrected chi connectivity index (χ4v) is 1.96. The number of benzene rings is 1. The Morgan fingerprint density at radius 2 is 1.80 bits per heavy atom. The number of hydrogen-bond donors (Lipinski definition) is 1. The Balaban J connectivity index is 3.10. The van der Waals surface area contributed by atoms with Crippen LogP contribution in [0.1, 0.15) is 18.0 Å². The second-order valence-electron chi connectivity index (χ2n) is 4.80. The normalized spacial score (nSPS) is 12.6. The van der Waals surface area contributed by atoms with E-state index in [9.17, 15) is 22.8 Å². The molecule has 0 spiro atoms. The maximum Gasteiger partial charge on any atom is 0.471 e. The van der Waals surface area contributed by atoms with E-state index in [1.54, 1.807) is 0 Å². The van der Waals surface area contributed by atoms with E-state index in [1.807, 2.05) is 5.32 Å². The SMILES string of the molecule is COC(=O)/C=C\CC(NC(=O)C(F)(F)F)c1ccc(OC)c(OC)c1. The Labute approximate surface area is 142 Å². The minimum absolute atomic E-state index is 0.0631. The van der Waals surface area contributed by atoms with Gasteiger partial charge in [0.2, 0.25) is 0 Å². The van der Waals surface area contributed by atoms with Gasteiger partial charge in [-0.05, 0) is 24.1 Å². The summed E-state index contributed by atoms with van der Waals surface area (Å²) in [6.45, 7) is 0. The topological polar surface area (TPSA) is 73.9 Å². The number of hydrogen-bond acceptors (Lipinski definition) is 5. The van der Waals surface area contributed by atoms with E-state index < -0.39 is 24.1 Å². The molecule has 138 valence electrons. The standard InChI is InChI=1S/C16H18F3NO5/c1-23-12-8-7-10(9-13(12)24-2)11(5-4-6-14(21)25-3)20-15(22)16(17,18)19/h4,6-9,11H,5H2,1-3H3,(H,20,22)/b6-4-. The summed E-state index contributed by atoms with van der Waals surface area (Å²) < 4.78 is 52.2. The highest BCUT2D eigenvalue weighted by atomic mass is 19.4. The maximum atomic E-state index is 12.5. The van der Waals surface area contributed by atoms with Gasteiger partial charge in [0.05, 0.1) is 27.4 Å². The number of esters is 1. The molecule has 0 aliphatic carbocycles. The lowest BCUT2D eigenvalue weighted by Gasteiger charge is -2.20. The third-order valence-corrected chi connectivity index (χ3v) is 3.20. The van der Waals surface area contributed by atoms with Crippen LogP contribution in [0.5, 0.6) is 11.5 Å². The van der Waals surface area contributed by atoms with E-state index in [1.165, 1.54) is 45.6 Å². The molecule has 0 aliphatic rings. The molecule has 1 aromatic carbocycles. The number of carbonyl (C=O) groups excluding carboxylic acids is 2. The van der Waals surface area contributed by atoms with Crippen LogP contribution in [-0.2, 0) is 14.3 Å².